The topological polar surface area (TPSA) is 38.0 Å². The molecule has 0 spiro atoms. The van der Waals surface area contributed by atoms with Gasteiger partial charge in [0.15, 0.2) is 0 Å². The molecule has 0 saturated heterocycles. The molecular weight excluding hydrogens is 216 g/mol. The summed E-state index contributed by atoms with van der Waals surface area (Å²) in [7, 11) is 0. The summed E-state index contributed by atoms with van der Waals surface area (Å²) in [4.78, 5) is 0. The average molecular weight is 229 g/mol. The maximum Gasteiger partial charge on any atom is 0.0507 e. The molecule has 0 saturated carbocycles. The Bertz CT molecular complexity index is 271. The van der Waals surface area contributed by atoms with Crippen molar-refractivity contribution in [1.29, 1.82) is 0 Å². The van der Waals surface area contributed by atoms with Gasteiger partial charge >= 0.3 is 0 Å². The number of hydrogen-bond donors (Lipinski definition) is 2. The summed E-state index contributed by atoms with van der Waals surface area (Å²) < 4.78 is 1.05. The van der Waals surface area contributed by atoms with E-state index in [0.717, 1.165) is 15.8 Å². The third-order valence-corrected chi connectivity index (χ3v) is 2.13. The SMILES string of the molecule is CC(C)Nc1cc(N)ccc1Br. The quantitative estimate of drug-likeness (QED) is 0.765. The molecule has 0 unspecified atom stereocenters. The van der Waals surface area contributed by atoms with Crippen molar-refractivity contribution in [3.05, 3.63) is 22.7 Å². The minimum atomic E-state index is 0.420. The number of benzene rings is 1. The second-order valence-corrected chi connectivity index (χ2v) is 3.89. The number of hydrogen-bond acceptors (Lipinski definition) is 2. The first kappa shape index (κ1) is 9.39. The standard InChI is InChI=1S/C9H13BrN2/c1-6(2)12-9-5-7(11)3-4-8(9)10/h3-6,12H,11H2,1-2H3. The molecule has 0 aliphatic carbocycles. The van der Waals surface area contributed by atoms with Crippen LogP contribution in [0.4, 0.5) is 11.4 Å². The molecule has 1 aromatic rings. The van der Waals surface area contributed by atoms with Gasteiger partial charge in [0, 0.05) is 16.2 Å². The molecule has 1 rings (SSSR count). The van der Waals surface area contributed by atoms with E-state index in [1.807, 2.05) is 18.2 Å². The van der Waals surface area contributed by atoms with Crippen molar-refractivity contribution in [2.45, 2.75) is 19.9 Å². The molecule has 12 heavy (non-hydrogen) atoms. The average Bonchev–Trinajstić information content (AvgIpc) is 1.96. The van der Waals surface area contributed by atoms with Gasteiger partial charge in [-0.15, -0.1) is 0 Å². The zero-order valence-electron chi connectivity index (χ0n) is 7.26. The number of nitrogens with one attached hydrogen (secondary N) is 1. The summed E-state index contributed by atoms with van der Waals surface area (Å²) >= 11 is 3.44. The van der Waals surface area contributed by atoms with E-state index in [9.17, 15) is 0 Å². The first-order chi connectivity index (χ1) is 5.59. The zero-order chi connectivity index (χ0) is 9.14. The van der Waals surface area contributed by atoms with Crippen LogP contribution in [0.3, 0.4) is 0 Å². The largest absolute Gasteiger partial charge is 0.399 e. The zero-order valence-corrected chi connectivity index (χ0v) is 8.85. The van der Waals surface area contributed by atoms with E-state index in [1.165, 1.54) is 0 Å². The van der Waals surface area contributed by atoms with Crippen molar-refractivity contribution in [3.63, 3.8) is 0 Å². The Morgan fingerprint density at radius 3 is 2.67 bits per heavy atom. The Morgan fingerprint density at radius 2 is 2.08 bits per heavy atom. The molecule has 0 radical (unpaired) electrons. The molecule has 66 valence electrons. The Hall–Kier alpha value is -0.700. The van der Waals surface area contributed by atoms with Crippen molar-refractivity contribution in [2.75, 3.05) is 11.1 Å². The van der Waals surface area contributed by atoms with Gasteiger partial charge < -0.3 is 11.1 Å². The maximum absolute atomic E-state index is 5.64. The second kappa shape index (κ2) is 3.81. The molecule has 3 heteroatoms. The lowest BCUT2D eigenvalue weighted by Gasteiger charge is -2.12. The summed E-state index contributed by atoms with van der Waals surface area (Å²) in [5.74, 6) is 0. The first-order valence-electron chi connectivity index (χ1n) is 3.91. The van der Waals surface area contributed by atoms with Crippen LogP contribution < -0.4 is 11.1 Å². The van der Waals surface area contributed by atoms with E-state index in [1.54, 1.807) is 0 Å². The molecule has 0 aliphatic rings. The van der Waals surface area contributed by atoms with Gasteiger partial charge in [-0.1, -0.05) is 0 Å². The predicted octanol–water partition coefficient (Wildman–Crippen LogP) is 2.85. The summed E-state index contributed by atoms with van der Waals surface area (Å²) in [5.41, 5.74) is 7.47. The van der Waals surface area contributed by atoms with Crippen LogP contribution in [0.25, 0.3) is 0 Å². The molecule has 0 heterocycles. The van der Waals surface area contributed by atoms with Gasteiger partial charge in [-0.05, 0) is 48.0 Å². The summed E-state index contributed by atoms with van der Waals surface area (Å²) in [6.45, 7) is 4.19. The molecule has 2 nitrogen and oxygen atoms in total. The fraction of sp³-hybridized carbons (Fsp3) is 0.333. The Labute approximate surface area is 81.3 Å². The molecule has 0 amide bonds. The Kier molecular flexibility index (Phi) is 2.98. The molecular formula is C9H13BrN2. The van der Waals surface area contributed by atoms with Gasteiger partial charge in [0.05, 0.1) is 5.69 Å². The number of nitrogen functional groups attached to an aromatic ring is 1. The van der Waals surface area contributed by atoms with E-state index >= 15 is 0 Å². The van der Waals surface area contributed by atoms with Crippen LogP contribution in [0, 0.1) is 0 Å². The van der Waals surface area contributed by atoms with Crippen LogP contribution in [0.2, 0.25) is 0 Å². The smallest absolute Gasteiger partial charge is 0.0507 e. The highest BCUT2D eigenvalue weighted by atomic mass is 79.9. The predicted molar refractivity (Wildman–Crippen MR) is 57.3 cm³/mol. The normalized spacial score (nSPS) is 10.3. The molecule has 3 N–H and O–H groups in total. The molecule has 0 aliphatic heterocycles. The summed E-state index contributed by atoms with van der Waals surface area (Å²) in [6.07, 6.45) is 0. The van der Waals surface area contributed by atoms with Gasteiger partial charge in [-0.2, -0.15) is 0 Å². The van der Waals surface area contributed by atoms with Gasteiger partial charge in [0.25, 0.3) is 0 Å². The van der Waals surface area contributed by atoms with Crippen molar-refractivity contribution in [2.24, 2.45) is 0 Å². The van der Waals surface area contributed by atoms with E-state index in [2.05, 4.69) is 35.1 Å². The summed E-state index contributed by atoms with van der Waals surface area (Å²) in [6, 6.07) is 6.16. The summed E-state index contributed by atoms with van der Waals surface area (Å²) in [5, 5.41) is 3.29. The fourth-order valence-electron chi connectivity index (χ4n) is 0.965. The maximum atomic E-state index is 5.64. The van der Waals surface area contributed by atoms with E-state index < -0.39 is 0 Å². The lowest BCUT2D eigenvalue weighted by Crippen LogP contribution is -2.10. The van der Waals surface area contributed by atoms with Gasteiger partial charge in [-0.25, -0.2) is 0 Å². The highest BCUT2D eigenvalue weighted by Crippen LogP contribution is 2.24. The minimum Gasteiger partial charge on any atom is -0.399 e. The van der Waals surface area contributed by atoms with Crippen LogP contribution in [-0.2, 0) is 0 Å². The number of nitrogens with two attached hydrogens (primary N) is 1. The van der Waals surface area contributed by atoms with Crippen LogP contribution >= 0.6 is 15.9 Å². The number of halogens is 1. The third kappa shape index (κ3) is 2.41. The van der Waals surface area contributed by atoms with E-state index in [4.69, 9.17) is 5.73 Å². The van der Waals surface area contributed by atoms with Crippen LogP contribution in [-0.4, -0.2) is 6.04 Å². The monoisotopic (exact) mass is 228 g/mol. The van der Waals surface area contributed by atoms with Crippen molar-refractivity contribution in [3.8, 4) is 0 Å². The van der Waals surface area contributed by atoms with Crippen molar-refractivity contribution in [1.82, 2.24) is 0 Å². The van der Waals surface area contributed by atoms with Crippen LogP contribution in [0.15, 0.2) is 22.7 Å². The highest BCUT2D eigenvalue weighted by molar-refractivity contribution is 9.10. The number of rotatable bonds is 2. The van der Waals surface area contributed by atoms with Crippen LogP contribution in [0.1, 0.15) is 13.8 Å². The van der Waals surface area contributed by atoms with Gasteiger partial charge in [0.1, 0.15) is 0 Å². The lowest BCUT2D eigenvalue weighted by molar-refractivity contribution is 0.899. The van der Waals surface area contributed by atoms with Gasteiger partial charge in [-0.3, -0.25) is 0 Å². The van der Waals surface area contributed by atoms with Crippen molar-refractivity contribution < 1.29 is 0 Å². The van der Waals surface area contributed by atoms with E-state index in [-0.39, 0.29) is 0 Å². The molecule has 0 aromatic heterocycles. The second-order valence-electron chi connectivity index (χ2n) is 3.04. The van der Waals surface area contributed by atoms with Gasteiger partial charge in [0.2, 0.25) is 0 Å². The first-order valence-corrected chi connectivity index (χ1v) is 4.70. The highest BCUT2D eigenvalue weighted by Gasteiger charge is 2.00. The fourth-order valence-corrected chi connectivity index (χ4v) is 1.33. The molecule has 0 bridgehead atoms. The van der Waals surface area contributed by atoms with Crippen LogP contribution in [0.5, 0.6) is 0 Å². The third-order valence-electron chi connectivity index (χ3n) is 1.43. The molecule has 0 atom stereocenters. The minimum absolute atomic E-state index is 0.420. The molecule has 0 fully saturated rings. The Morgan fingerprint density at radius 1 is 1.42 bits per heavy atom. The lowest BCUT2D eigenvalue weighted by atomic mass is 10.2. The van der Waals surface area contributed by atoms with Crippen molar-refractivity contribution >= 4 is 27.3 Å². The molecule has 1 aromatic carbocycles. The number of anilines is 2. The van der Waals surface area contributed by atoms with E-state index in [0.29, 0.717) is 6.04 Å². The Balaban J connectivity index is 2.90.